The van der Waals surface area contributed by atoms with E-state index in [2.05, 4.69) is 39.5 Å². The number of carbonyl (C=O) groups excluding carboxylic acids is 1. The van der Waals surface area contributed by atoms with Crippen LogP contribution in [0.5, 0.6) is 11.6 Å². The third-order valence-corrected chi connectivity index (χ3v) is 6.66. The van der Waals surface area contributed by atoms with E-state index in [9.17, 15) is 4.79 Å². The van der Waals surface area contributed by atoms with Gasteiger partial charge in [-0.05, 0) is 48.9 Å². The number of nitrogens with zero attached hydrogens (tertiary/aromatic N) is 2. The fourth-order valence-corrected chi connectivity index (χ4v) is 4.68. The highest BCUT2D eigenvalue weighted by molar-refractivity contribution is 5.79. The Morgan fingerprint density at radius 2 is 1.84 bits per heavy atom. The summed E-state index contributed by atoms with van der Waals surface area (Å²) >= 11 is 0. The first-order valence-electron chi connectivity index (χ1n) is 11.7. The Morgan fingerprint density at radius 3 is 2.62 bits per heavy atom. The normalized spacial score (nSPS) is 22.4. The smallest absolute Gasteiger partial charge is 0.257 e. The van der Waals surface area contributed by atoms with E-state index in [1.807, 2.05) is 12.1 Å². The molecule has 3 aliphatic heterocycles. The van der Waals surface area contributed by atoms with Gasteiger partial charge in [-0.2, -0.15) is 0 Å². The Balaban J connectivity index is 1.08. The van der Waals surface area contributed by atoms with Crippen LogP contribution in [0.3, 0.4) is 0 Å². The summed E-state index contributed by atoms with van der Waals surface area (Å²) in [7, 11) is 0. The molecule has 3 aliphatic rings. The Morgan fingerprint density at radius 1 is 1.06 bits per heavy atom. The zero-order valence-electron chi connectivity index (χ0n) is 18.4. The zero-order valence-corrected chi connectivity index (χ0v) is 18.4. The van der Waals surface area contributed by atoms with E-state index in [-0.39, 0.29) is 17.9 Å². The number of hydrogen-bond donors (Lipinski definition) is 1. The van der Waals surface area contributed by atoms with Crippen molar-refractivity contribution in [3.05, 3.63) is 53.7 Å². The van der Waals surface area contributed by atoms with Crippen molar-refractivity contribution in [2.75, 3.05) is 32.9 Å². The van der Waals surface area contributed by atoms with E-state index in [4.69, 9.17) is 14.2 Å². The number of rotatable bonds is 5. The molecule has 0 spiro atoms. The number of benzene rings is 1. The van der Waals surface area contributed by atoms with E-state index >= 15 is 0 Å². The van der Waals surface area contributed by atoms with Gasteiger partial charge < -0.3 is 19.5 Å². The largest absolute Gasteiger partial charge is 0.484 e. The number of likely N-dealkylation sites (tertiary alicyclic amines) is 1. The van der Waals surface area contributed by atoms with Gasteiger partial charge in [-0.15, -0.1) is 0 Å². The van der Waals surface area contributed by atoms with Crippen LogP contribution in [-0.4, -0.2) is 54.7 Å². The van der Waals surface area contributed by atoms with Crippen LogP contribution in [0.1, 0.15) is 42.9 Å². The molecule has 1 unspecified atom stereocenters. The minimum Gasteiger partial charge on any atom is -0.484 e. The molecule has 32 heavy (non-hydrogen) atoms. The second kappa shape index (κ2) is 9.88. The van der Waals surface area contributed by atoms with Crippen molar-refractivity contribution in [2.24, 2.45) is 5.92 Å². The molecule has 1 aromatic carbocycles. The van der Waals surface area contributed by atoms with Crippen molar-refractivity contribution in [1.82, 2.24) is 15.2 Å². The lowest BCUT2D eigenvalue weighted by molar-refractivity contribution is -0.128. The van der Waals surface area contributed by atoms with E-state index in [1.165, 1.54) is 5.56 Å². The molecular weight excluding hydrogens is 406 g/mol. The number of fused-ring (bicyclic) bond motifs is 1. The van der Waals surface area contributed by atoms with Gasteiger partial charge >= 0.3 is 0 Å². The summed E-state index contributed by atoms with van der Waals surface area (Å²) in [6, 6.07) is 12.6. The second-order valence-electron chi connectivity index (χ2n) is 8.91. The fraction of sp³-hybridized carbons (Fsp3) is 0.520. The minimum absolute atomic E-state index is 0.128. The van der Waals surface area contributed by atoms with Gasteiger partial charge in [0.1, 0.15) is 6.61 Å². The molecular formula is C25H31N3O4. The summed E-state index contributed by atoms with van der Waals surface area (Å²) in [5.74, 6) is 1.60. The van der Waals surface area contributed by atoms with Crippen LogP contribution < -0.4 is 14.8 Å². The van der Waals surface area contributed by atoms with Crippen LogP contribution in [0.25, 0.3) is 0 Å². The molecule has 170 valence electrons. The van der Waals surface area contributed by atoms with E-state index in [0.29, 0.717) is 37.5 Å². The third kappa shape index (κ3) is 5.05. The molecule has 0 aliphatic carbocycles. The second-order valence-corrected chi connectivity index (χ2v) is 8.91. The van der Waals surface area contributed by atoms with Crippen molar-refractivity contribution in [2.45, 2.75) is 44.4 Å². The number of ether oxygens (including phenoxy) is 3. The summed E-state index contributed by atoms with van der Waals surface area (Å²) < 4.78 is 17.2. The zero-order chi connectivity index (χ0) is 21.8. The monoisotopic (exact) mass is 437 g/mol. The number of hydrogen-bond acceptors (Lipinski definition) is 6. The summed E-state index contributed by atoms with van der Waals surface area (Å²) in [5.41, 5.74) is 2.38. The Kier molecular flexibility index (Phi) is 6.55. The number of carbonyl (C=O) groups is 1. The number of aromatic nitrogens is 1. The molecule has 1 N–H and O–H groups in total. The summed E-state index contributed by atoms with van der Waals surface area (Å²) in [6.07, 6.45) is 5.29. The molecule has 4 heterocycles. The van der Waals surface area contributed by atoms with Gasteiger partial charge in [0.2, 0.25) is 5.91 Å². The number of amides is 1. The summed E-state index contributed by atoms with van der Waals surface area (Å²) in [6.45, 7) is 4.84. The lowest BCUT2D eigenvalue weighted by Crippen LogP contribution is -2.46. The van der Waals surface area contributed by atoms with Gasteiger partial charge in [-0.3, -0.25) is 9.69 Å². The van der Waals surface area contributed by atoms with Crippen LogP contribution in [-0.2, 0) is 16.1 Å². The number of nitrogens with one attached hydrogen (secondary N) is 1. The molecule has 7 heteroatoms. The molecule has 2 saturated heterocycles. The molecule has 1 amide bonds. The molecule has 5 rings (SSSR count). The topological polar surface area (TPSA) is 72.9 Å². The van der Waals surface area contributed by atoms with Crippen LogP contribution in [0.15, 0.2) is 42.6 Å². The molecule has 0 saturated carbocycles. The lowest BCUT2D eigenvalue weighted by Gasteiger charge is -2.33. The lowest BCUT2D eigenvalue weighted by atomic mass is 9.97. The average Bonchev–Trinajstić information content (AvgIpc) is 2.86. The highest BCUT2D eigenvalue weighted by atomic mass is 16.6. The van der Waals surface area contributed by atoms with Gasteiger partial charge in [0.05, 0.1) is 0 Å². The average molecular weight is 438 g/mol. The predicted octanol–water partition coefficient (Wildman–Crippen LogP) is 3.10. The van der Waals surface area contributed by atoms with Gasteiger partial charge in [-0.25, -0.2) is 4.98 Å². The van der Waals surface area contributed by atoms with Gasteiger partial charge in [-0.1, -0.05) is 24.3 Å². The van der Waals surface area contributed by atoms with Crippen LogP contribution >= 0.6 is 0 Å². The summed E-state index contributed by atoms with van der Waals surface area (Å²) in [5, 5.41) is 3.27. The quantitative estimate of drug-likeness (QED) is 0.775. The van der Waals surface area contributed by atoms with E-state index < -0.39 is 0 Å². The first-order valence-corrected chi connectivity index (χ1v) is 11.7. The van der Waals surface area contributed by atoms with Crippen molar-refractivity contribution >= 4 is 5.91 Å². The maximum Gasteiger partial charge on any atom is 0.257 e. The molecule has 0 radical (unpaired) electrons. The highest BCUT2D eigenvalue weighted by Gasteiger charge is 2.26. The Bertz CT molecular complexity index is 906. The third-order valence-electron chi connectivity index (χ3n) is 6.66. The molecule has 2 fully saturated rings. The van der Waals surface area contributed by atoms with E-state index in [1.54, 1.807) is 6.20 Å². The first kappa shape index (κ1) is 21.2. The molecule has 1 atom stereocenters. The first-order chi connectivity index (χ1) is 15.7. The number of piperidine rings is 1. The highest BCUT2D eigenvalue weighted by Crippen LogP contribution is 2.34. The van der Waals surface area contributed by atoms with Crippen LogP contribution in [0, 0.1) is 5.92 Å². The molecule has 7 nitrogen and oxygen atoms in total. The van der Waals surface area contributed by atoms with Crippen molar-refractivity contribution in [1.29, 1.82) is 0 Å². The predicted molar refractivity (Wildman–Crippen MR) is 120 cm³/mol. The fourth-order valence-electron chi connectivity index (χ4n) is 4.68. The Hall–Kier alpha value is -2.64. The molecule has 2 aromatic rings. The summed E-state index contributed by atoms with van der Waals surface area (Å²) in [4.78, 5) is 19.2. The van der Waals surface area contributed by atoms with Gasteiger partial charge in [0, 0.05) is 51.0 Å². The van der Waals surface area contributed by atoms with Crippen molar-refractivity contribution < 1.29 is 19.0 Å². The Labute approximate surface area is 189 Å². The molecule has 0 bridgehead atoms. The van der Waals surface area contributed by atoms with Crippen LogP contribution in [0.2, 0.25) is 0 Å². The van der Waals surface area contributed by atoms with Gasteiger partial charge in [0.25, 0.3) is 5.88 Å². The van der Waals surface area contributed by atoms with Crippen molar-refractivity contribution in [3.8, 4) is 11.6 Å². The number of pyridine rings is 1. The SMILES string of the molecule is O=C(NC1CCN(Cc2ccc(C3COc4cccnc4O3)cc2)CC1)C1CCOCC1. The van der Waals surface area contributed by atoms with Crippen molar-refractivity contribution in [3.63, 3.8) is 0 Å². The van der Waals surface area contributed by atoms with Gasteiger partial charge in [0.15, 0.2) is 11.9 Å². The standard InChI is InChI=1S/C25H31N3O4/c29-24(20-9-14-30-15-10-20)27-21-7-12-28(13-8-21)16-18-3-5-19(6-4-18)23-17-31-22-2-1-11-26-25(22)32-23/h1-6,11,20-21,23H,7-10,12-17H2,(H,27,29). The maximum absolute atomic E-state index is 12.5. The maximum atomic E-state index is 12.5. The van der Waals surface area contributed by atoms with Crippen LogP contribution in [0.4, 0.5) is 0 Å². The minimum atomic E-state index is -0.137. The van der Waals surface area contributed by atoms with E-state index in [0.717, 1.165) is 50.9 Å². The molecule has 1 aromatic heterocycles.